The van der Waals surface area contributed by atoms with Crippen LogP contribution in [0.5, 0.6) is 17.2 Å². The maximum absolute atomic E-state index is 14.0. The Bertz CT molecular complexity index is 1320. The number of likely N-dealkylation sites (tertiary alicyclic amines) is 1. The van der Waals surface area contributed by atoms with Gasteiger partial charge in [-0.15, -0.1) is 0 Å². The van der Waals surface area contributed by atoms with Crippen molar-refractivity contribution in [1.29, 1.82) is 0 Å². The number of phenolic OH excluding ortho intramolecular Hbond substituents is 1. The summed E-state index contributed by atoms with van der Waals surface area (Å²) in [5.74, 6) is 0.309. The fourth-order valence-electron chi connectivity index (χ4n) is 5.37. The number of carbonyl (C=O) groups excluding carboxylic acids is 1. The van der Waals surface area contributed by atoms with E-state index in [0.717, 1.165) is 24.2 Å². The highest BCUT2D eigenvalue weighted by Crippen LogP contribution is 2.34. The molecule has 2 atom stereocenters. The van der Waals surface area contributed by atoms with Gasteiger partial charge in [0.1, 0.15) is 5.75 Å². The van der Waals surface area contributed by atoms with Gasteiger partial charge in [-0.3, -0.25) is 9.69 Å². The number of halogens is 3. The van der Waals surface area contributed by atoms with Crippen LogP contribution in [0.2, 0.25) is 0 Å². The van der Waals surface area contributed by atoms with Crippen molar-refractivity contribution in [3.8, 4) is 17.2 Å². The molecule has 0 aromatic heterocycles. The van der Waals surface area contributed by atoms with Crippen LogP contribution in [0.1, 0.15) is 49.3 Å². The number of piperidine rings is 1. The van der Waals surface area contributed by atoms with E-state index in [1.54, 1.807) is 18.2 Å². The van der Waals surface area contributed by atoms with Crippen molar-refractivity contribution < 1.29 is 32.5 Å². The summed E-state index contributed by atoms with van der Waals surface area (Å²) >= 11 is 0. The van der Waals surface area contributed by atoms with Crippen LogP contribution in [-0.4, -0.2) is 54.3 Å². The molecule has 232 valence electrons. The molecule has 1 amide bonds. The number of carbonyl (C=O) groups is 1. The third kappa shape index (κ3) is 8.87. The van der Waals surface area contributed by atoms with Crippen LogP contribution in [0.25, 0.3) is 0 Å². The number of hydrogen-bond acceptors (Lipinski definition) is 6. The molecule has 4 rings (SSSR count). The van der Waals surface area contributed by atoms with Crippen LogP contribution in [-0.2, 0) is 24.1 Å². The van der Waals surface area contributed by atoms with Crippen LogP contribution in [0.4, 0.5) is 13.2 Å². The van der Waals surface area contributed by atoms with Crippen LogP contribution in [0, 0.1) is 0 Å². The Labute approximate surface area is 251 Å². The second-order valence-electron chi connectivity index (χ2n) is 11.0. The highest BCUT2D eigenvalue weighted by molar-refractivity contribution is 5.86. The zero-order valence-electron chi connectivity index (χ0n) is 24.6. The fraction of sp³-hybridized carbons (Fsp3) is 0.424. The third-order valence-electron chi connectivity index (χ3n) is 7.76. The van der Waals surface area contributed by atoms with Crippen LogP contribution >= 0.6 is 0 Å². The van der Waals surface area contributed by atoms with E-state index in [1.807, 2.05) is 25.1 Å². The number of ether oxygens (including phenoxy) is 2. The average Bonchev–Trinajstić information content (AvgIpc) is 3.00. The zero-order chi connectivity index (χ0) is 30.9. The van der Waals surface area contributed by atoms with Gasteiger partial charge in [0, 0.05) is 25.7 Å². The van der Waals surface area contributed by atoms with Crippen LogP contribution in [0.3, 0.4) is 0 Å². The van der Waals surface area contributed by atoms with Gasteiger partial charge >= 0.3 is 6.18 Å². The van der Waals surface area contributed by atoms with Crippen molar-refractivity contribution >= 4 is 5.91 Å². The van der Waals surface area contributed by atoms with Gasteiger partial charge in [-0.05, 0) is 86.3 Å². The van der Waals surface area contributed by atoms with Gasteiger partial charge in [0.05, 0.1) is 12.7 Å². The lowest BCUT2D eigenvalue weighted by molar-refractivity contribution is -0.143. The molecule has 2 unspecified atom stereocenters. The number of aromatic hydroxyl groups is 1. The first-order chi connectivity index (χ1) is 20.6. The first-order valence-electron chi connectivity index (χ1n) is 14.6. The Hall–Kier alpha value is -3.76. The second kappa shape index (κ2) is 14.6. The minimum atomic E-state index is -4.47. The van der Waals surface area contributed by atoms with Gasteiger partial charge in [-0.2, -0.15) is 13.2 Å². The number of hydrogen-bond donors (Lipinski definition) is 3. The summed E-state index contributed by atoms with van der Waals surface area (Å²) in [7, 11) is 1.48. The molecule has 43 heavy (non-hydrogen) atoms. The fourth-order valence-corrected chi connectivity index (χ4v) is 5.37. The largest absolute Gasteiger partial charge is 0.504 e. The summed E-state index contributed by atoms with van der Waals surface area (Å²) < 4.78 is 51.1. The maximum atomic E-state index is 14.0. The number of phenols is 1. The summed E-state index contributed by atoms with van der Waals surface area (Å²) in [6.07, 6.45) is -1.98. The molecular weight excluding hydrogens is 559 g/mol. The van der Waals surface area contributed by atoms with Crippen molar-refractivity contribution in [2.24, 2.45) is 0 Å². The van der Waals surface area contributed by atoms with E-state index in [4.69, 9.17) is 9.47 Å². The Morgan fingerprint density at radius 3 is 2.49 bits per heavy atom. The van der Waals surface area contributed by atoms with E-state index in [0.29, 0.717) is 51.1 Å². The number of nitrogens with zero attached hydrogens (tertiary/aromatic N) is 1. The molecule has 0 saturated carbocycles. The van der Waals surface area contributed by atoms with Crippen LogP contribution < -0.4 is 20.1 Å². The molecule has 1 saturated heterocycles. The molecule has 7 nitrogen and oxygen atoms in total. The standard InChI is InChI=1S/C33H40F3N3O4/c1-3-27(16-18-37-21-24-8-5-4-6-9-24)38-31(41)32(43-28-13-11-26(12-14-28)33(34,35)36)17-7-19-39(23-32)22-25-10-15-29(40)30(20-25)42-2/h4-6,8-15,20,27,37,40H,3,7,16-19,21-23H2,1-2H3,(H,38,41). The van der Waals surface area contributed by atoms with E-state index in [9.17, 15) is 23.1 Å². The van der Waals surface area contributed by atoms with Gasteiger partial charge in [0.2, 0.25) is 0 Å². The quantitative estimate of drug-likeness (QED) is 0.212. The minimum absolute atomic E-state index is 0.0353. The molecule has 0 aliphatic carbocycles. The Balaban J connectivity index is 1.49. The number of amides is 1. The van der Waals surface area contributed by atoms with E-state index < -0.39 is 17.3 Å². The Morgan fingerprint density at radius 2 is 1.81 bits per heavy atom. The average molecular weight is 600 g/mol. The molecule has 3 aromatic rings. The summed E-state index contributed by atoms with van der Waals surface area (Å²) in [5, 5.41) is 16.6. The maximum Gasteiger partial charge on any atom is 0.416 e. The molecule has 0 radical (unpaired) electrons. The van der Waals surface area contributed by atoms with Gasteiger partial charge in [0.15, 0.2) is 17.1 Å². The first kappa shape index (κ1) is 32.2. The van der Waals surface area contributed by atoms with Crippen LogP contribution in [0.15, 0.2) is 72.8 Å². The predicted octanol–water partition coefficient (Wildman–Crippen LogP) is 5.91. The molecule has 3 aromatic carbocycles. The molecule has 1 heterocycles. The minimum Gasteiger partial charge on any atom is -0.504 e. The van der Waals surface area contributed by atoms with Gasteiger partial charge in [-0.25, -0.2) is 0 Å². The predicted molar refractivity (Wildman–Crippen MR) is 159 cm³/mol. The normalized spacial score (nSPS) is 18.2. The number of rotatable bonds is 13. The SMILES string of the molecule is CCC(CCNCc1ccccc1)NC(=O)C1(Oc2ccc(C(F)(F)F)cc2)CCCN(Cc2ccc(O)c(OC)c2)C1. The second-order valence-corrected chi connectivity index (χ2v) is 11.0. The van der Waals surface area contributed by atoms with E-state index in [1.165, 1.54) is 24.8 Å². The molecule has 1 aliphatic heterocycles. The third-order valence-corrected chi connectivity index (χ3v) is 7.76. The van der Waals surface area contributed by atoms with Crippen molar-refractivity contribution in [1.82, 2.24) is 15.5 Å². The summed E-state index contributed by atoms with van der Waals surface area (Å²) in [4.78, 5) is 16.1. The van der Waals surface area contributed by atoms with Crippen molar-refractivity contribution in [3.63, 3.8) is 0 Å². The zero-order valence-corrected chi connectivity index (χ0v) is 24.6. The first-order valence-corrected chi connectivity index (χ1v) is 14.6. The summed E-state index contributed by atoms with van der Waals surface area (Å²) in [6.45, 7) is 4.86. The van der Waals surface area contributed by atoms with Gasteiger partial charge < -0.3 is 25.2 Å². The molecule has 0 bridgehead atoms. The van der Waals surface area contributed by atoms with Gasteiger partial charge in [0.25, 0.3) is 5.91 Å². The summed E-state index contributed by atoms with van der Waals surface area (Å²) in [5.41, 5.74) is -0.0172. The lowest BCUT2D eigenvalue weighted by Gasteiger charge is -2.42. The molecule has 0 spiro atoms. The number of methoxy groups -OCH3 is 1. The summed E-state index contributed by atoms with van der Waals surface area (Å²) in [6, 6.07) is 19.5. The van der Waals surface area contributed by atoms with Crippen molar-refractivity contribution in [2.75, 3.05) is 26.7 Å². The molecule has 10 heteroatoms. The highest BCUT2D eigenvalue weighted by atomic mass is 19.4. The van der Waals surface area contributed by atoms with Crippen molar-refractivity contribution in [2.45, 2.75) is 63.5 Å². The monoisotopic (exact) mass is 599 g/mol. The Morgan fingerprint density at radius 1 is 1.07 bits per heavy atom. The molecule has 3 N–H and O–H groups in total. The topological polar surface area (TPSA) is 83.1 Å². The van der Waals surface area contributed by atoms with E-state index in [2.05, 4.69) is 27.7 Å². The van der Waals surface area contributed by atoms with Gasteiger partial charge in [-0.1, -0.05) is 43.3 Å². The highest BCUT2D eigenvalue weighted by Gasteiger charge is 2.45. The molecule has 1 aliphatic rings. The Kier molecular flexibility index (Phi) is 10.9. The van der Waals surface area contributed by atoms with E-state index >= 15 is 0 Å². The number of alkyl halides is 3. The number of benzene rings is 3. The van der Waals surface area contributed by atoms with E-state index in [-0.39, 0.29) is 30.0 Å². The smallest absolute Gasteiger partial charge is 0.416 e. The van der Waals surface area contributed by atoms with Crippen molar-refractivity contribution in [3.05, 3.63) is 89.5 Å². The molecular formula is C33H40F3N3O4. The lowest BCUT2D eigenvalue weighted by atomic mass is 9.90. The number of nitrogens with one attached hydrogen (secondary N) is 2. The lowest BCUT2D eigenvalue weighted by Crippen LogP contribution is -2.61. The molecule has 1 fully saturated rings.